The fourth-order valence-corrected chi connectivity index (χ4v) is 2.63. The molecule has 0 aliphatic rings. The van der Waals surface area contributed by atoms with Gasteiger partial charge in [0.2, 0.25) is 5.91 Å². The smallest absolute Gasteiger partial charge is 0.241 e. The van der Waals surface area contributed by atoms with E-state index in [1.807, 2.05) is 61.5 Å². The van der Waals surface area contributed by atoms with Gasteiger partial charge in [-0.1, -0.05) is 60.1 Å². The summed E-state index contributed by atoms with van der Waals surface area (Å²) in [4.78, 5) is 18.0. The Balaban J connectivity index is 0.00000364. The van der Waals surface area contributed by atoms with Crippen molar-refractivity contribution in [2.24, 2.45) is 4.99 Å². The summed E-state index contributed by atoms with van der Waals surface area (Å²) < 4.78 is 0. The summed E-state index contributed by atoms with van der Waals surface area (Å²) in [5, 5.41) is 7.11. The minimum Gasteiger partial charge on any atom is -0.350 e. The number of nitrogens with zero attached hydrogens (tertiary/aromatic N) is 2. The van der Waals surface area contributed by atoms with Crippen LogP contribution in [0.4, 0.5) is 0 Å². The van der Waals surface area contributed by atoms with E-state index in [1.165, 1.54) is 0 Å². The third kappa shape index (κ3) is 7.76. The summed E-state index contributed by atoms with van der Waals surface area (Å²) in [6.45, 7) is 2.69. The van der Waals surface area contributed by atoms with Crippen LogP contribution in [0.25, 0.3) is 0 Å². The minimum absolute atomic E-state index is 0. The molecule has 7 heteroatoms. The van der Waals surface area contributed by atoms with Crippen molar-refractivity contribution < 1.29 is 4.79 Å². The summed E-state index contributed by atoms with van der Waals surface area (Å²) in [5.41, 5.74) is 2.07. The van der Waals surface area contributed by atoms with Gasteiger partial charge in [0.25, 0.3) is 0 Å². The molecule has 2 N–H and O–H groups in total. The quantitative estimate of drug-likeness (QED) is 0.360. The highest BCUT2D eigenvalue weighted by Crippen LogP contribution is 2.21. The van der Waals surface area contributed by atoms with E-state index in [4.69, 9.17) is 11.6 Å². The lowest BCUT2D eigenvalue weighted by atomic mass is 10.1. The number of carbonyl (C=O) groups excluding carboxylic acids is 1. The normalized spacial score (nSPS) is 11.9. The third-order valence-corrected chi connectivity index (χ3v) is 4.24. The molecule has 0 heterocycles. The maximum absolute atomic E-state index is 11.9. The largest absolute Gasteiger partial charge is 0.350 e. The first-order valence-electron chi connectivity index (χ1n) is 8.50. The van der Waals surface area contributed by atoms with Crippen LogP contribution in [-0.2, 0) is 11.3 Å². The number of likely N-dealkylation sites (N-methyl/N-ethyl adjacent to an activating group) is 1. The van der Waals surface area contributed by atoms with E-state index in [0.29, 0.717) is 17.5 Å². The van der Waals surface area contributed by atoms with E-state index in [1.54, 1.807) is 19.0 Å². The van der Waals surface area contributed by atoms with Crippen LogP contribution in [0.5, 0.6) is 0 Å². The zero-order chi connectivity index (χ0) is 18.9. The molecule has 0 saturated carbocycles. The molecular weight excluding hydrogens is 475 g/mol. The first kappa shape index (κ1) is 23.2. The topological polar surface area (TPSA) is 56.7 Å². The molecule has 0 aliphatic heterocycles. The number of amides is 1. The molecule has 0 bridgehead atoms. The average molecular weight is 501 g/mol. The molecule has 2 rings (SSSR count). The van der Waals surface area contributed by atoms with E-state index < -0.39 is 0 Å². The van der Waals surface area contributed by atoms with Crippen LogP contribution in [0.1, 0.15) is 24.1 Å². The summed E-state index contributed by atoms with van der Waals surface area (Å²) in [6, 6.07) is 17.6. The van der Waals surface area contributed by atoms with E-state index in [-0.39, 0.29) is 42.5 Å². The molecule has 2 aromatic carbocycles. The number of aliphatic imine (C=N–C) groups is 1. The highest BCUT2D eigenvalue weighted by Gasteiger charge is 2.12. The first-order chi connectivity index (χ1) is 12.5. The summed E-state index contributed by atoms with van der Waals surface area (Å²) in [6.07, 6.45) is 0. The number of benzene rings is 2. The molecule has 0 aromatic heterocycles. The van der Waals surface area contributed by atoms with Gasteiger partial charge in [-0.3, -0.25) is 4.79 Å². The first-order valence-corrected chi connectivity index (χ1v) is 8.88. The summed E-state index contributed by atoms with van der Waals surface area (Å²) >= 11 is 6.28. The highest BCUT2D eigenvalue weighted by atomic mass is 127. The summed E-state index contributed by atoms with van der Waals surface area (Å²) in [7, 11) is 3.45. The summed E-state index contributed by atoms with van der Waals surface area (Å²) in [5.74, 6) is 0.543. The van der Waals surface area contributed by atoms with Crippen molar-refractivity contribution in [3.05, 3.63) is 70.7 Å². The van der Waals surface area contributed by atoms with Crippen molar-refractivity contribution in [1.82, 2.24) is 15.5 Å². The van der Waals surface area contributed by atoms with Gasteiger partial charge >= 0.3 is 0 Å². The Morgan fingerprint density at radius 1 is 1.11 bits per heavy atom. The van der Waals surface area contributed by atoms with Crippen LogP contribution in [0.2, 0.25) is 5.02 Å². The number of carbonyl (C=O) groups is 1. The van der Waals surface area contributed by atoms with E-state index in [0.717, 1.165) is 11.1 Å². The molecule has 1 atom stereocenters. The SMILES string of the molecule is CC(NC(=NCc1ccccc1)NCC(=O)N(C)C)c1ccccc1Cl.I. The Bertz CT molecular complexity index is 753. The van der Waals surface area contributed by atoms with Crippen LogP contribution in [-0.4, -0.2) is 37.4 Å². The van der Waals surface area contributed by atoms with Crippen LogP contribution < -0.4 is 10.6 Å². The van der Waals surface area contributed by atoms with Gasteiger partial charge in [0.1, 0.15) is 0 Å². The lowest BCUT2D eigenvalue weighted by molar-refractivity contribution is -0.127. The molecule has 0 fully saturated rings. The van der Waals surface area contributed by atoms with Crippen LogP contribution in [0.15, 0.2) is 59.6 Å². The average Bonchev–Trinajstić information content (AvgIpc) is 2.64. The molecule has 0 radical (unpaired) electrons. The number of guanidine groups is 1. The second-order valence-electron chi connectivity index (χ2n) is 6.18. The van der Waals surface area contributed by atoms with Gasteiger partial charge < -0.3 is 15.5 Å². The van der Waals surface area contributed by atoms with Gasteiger partial charge in [0.05, 0.1) is 19.1 Å². The van der Waals surface area contributed by atoms with E-state index >= 15 is 0 Å². The zero-order valence-electron chi connectivity index (χ0n) is 15.8. The minimum atomic E-state index is -0.0554. The van der Waals surface area contributed by atoms with Crippen molar-refractivity contribution in [2.75, 3.05) is 20.6 Å². The van der Waals surface area contributed by atoms with Crippen molar-refractivity contribution in [2.45, 2.75) is 19.5 Å². The van der Waals surface area contributed by atoms with Gasteiger partial charge in [-0.05, 0) is 24.1 Å². The van der Waals surface area contributed by atoms with Gasteiger partial charge in [0, 0.05) is 19.1 Å². The lowest BCUT2D eigenvalue weighted by Crippen LogP contribution is -2.43. The Hall–Kier alpha value is -1.80. The number of nitrogens with one attached hydrogen (secondary N) is 2. The lowest BCUT2D eigenvalue weighted by Gasteiger charge is -2.20. The fourth-order valence-electron chi connectivity index (χ4n) is 2.33. The molecular formula is C20H26ClIN4O. The Morgan fingerprint density at radius 3 is 2.37 bits per heavy atom. The van der Waals surface area contributed by atoms with Crippen molar-refractivity contribution in [3.8, 4) is 0 Å². The molecule has 0 aliphatic carbocycles. The fraction of sp³-hybridized carbons (Fsp3) is 0.300. The molecule has 5 nitrogen and oxygen atoms in total. The van der Waals surface area contributed by atoms with Gasteiger partial charge in [-0.25, -0.2) is 4.99 Å². The Morgan fingerprint density at radius 2 is 1.74 bits per heavy atom. The molecule has 0 saturated heterocycles. The molecule has 27 heavy (non-hydrogen) atoms. The van der Waals surface area contributed by atoms with Crippen LogP contribution >= 0.6 is 35.6 Å². The van der Waals surface area contributed by atoms with E-state index in [9.17, 15) is 4.79 Å². The Kier molecular flexibility index (Phi) is 10.2. The number of hydrogen-bond donors (Lipinski definition) is 2. The molecule has 0 spiro atoms. The monoisotopic (exact) mass is 500 g/mol. The molecule has 2 aromatic rings. The van der Waals surface area contributed by atoms with Crippen molar-refractivity contribution in [1.29, 1.82) is 0 Å². The van der Waals surface area contributed by atoms with Crippen LogP contribution in [0.3, 0.4) is 0 Å². The second kappa shape index (κ2) is 11.8. The van der Waals surface area contributed by atoms with Gasteiger partial charge in [0.15, 0.2) is 5.96 Å². The number of hydrogen-bond acceptors (Lipinski definition) is 2. The highest BCUT2D eigenvalue weighted by molar-refractivity contribution is 14.0. The Labute approximate surface area is 183 Å². The maximum atomic E-state index is 11.9. The predicted octanol–water partition coefficient (Wildman–Crippen LogP) is 3.84. The van der Waals surface area contributed by atoms with Crippen molar-refractivity contribution >= 4 is 47.4 Å². The predicted molar refractivity (Wildman–Crippen MR) is 123 cm³/mol. The van der Waals surface area contributed by atoms with Crippen LogP contribution in [0, 0.1) is 0 Å². The standard InChI is InChI=1S/C20H25ClN4O.HI/c1-15(17-11-7-8-12-18(17)21)24-20(23-14-19(26)25(2)3)22-13-16-9-5-4-6-10-16;/h4-12,15H,13-14H2,1-3H3,(H2,22,23,24);1H. The molecule has 1 amide bonds. The van der Waals surface area contributed by atoms with E-state index in [2.05, 4.69) is 15.6 Å². The number of rotatable bonds is 6. The van der Waals surface area contributed by atoms with Crippen molar-refractivity contribution in [3.63, 3.8) is 0 Å². The zero-order valence-corrected chi connectivity index (χ0v) is 18.9. The molecule has 146 valence electrons. The number of halogens is 2. The van der Waals surface area contributed by atoms with Gasteiger partial charge in [-0.15, -0.1) is 24.0 Å². The second-order valence-corrected chi connectivity index (χ2v) is 6.59. The maximum Gasteiger partial charge on any atom is 0.241 e. The third-order valence-electron chi connectivity index (χ3n) is 3.89. The van der Waals surface area contributed by atoms with Gasteiger partial charge in [-0.2, -0.15) is 0 Å². The molecule has 1 unspecified atom stereocenters.